The van der Waals surface area contributed by atoms with Gasteiger partial charge in [0.05, 0.1) is 36.2 Å². The van der Waals surface area contributed by atoms with E-state index in [1.54, 1.807) is 18.5 Å². The molecule has 55 heavy (non-hydrogen) atoms. The van der Waals surface area contributed by atoms with E-state index in [-0.39, 0.29) is 29.8 Å². The second kappa shape index (κ2) is 16.3. The Kier molecular flexibility index (Phi) is 11.1. The van der Waals surface area contributed by atoms with E-state index in [0.29, 0.717) is 37.3 Å². The number of oxazole rings is 1. The number of halogens is 1. The number of hydrogen-bond acceptors (Lipinski definition) is 8. The highest BCUT2D eigenvalue weighted by atomic mass is 19.1. The lowest BCUT2D eigenvalue weighted by Gasteiger charge is -2.30. The van der Waals surface area contributed by atoms with Crippen LogP contribution in [0.2, 0.25) is 0 Å². The van der Waals surface area contributed by atoms with Crippen LogP contribution in [0.25, 0.3) is 33.6 Å². The smallest absolute Gasteiger partial charge is 0.220 e. The molecular formula is C44H51FN8O2. The van der Waals surface area contributed by atoms with Crippen LogP contribution in [0.15, 0.2) is 108 Å². The molecule has 2 aromatic carbocycles. The number of amides is 1. The van der Waals surface area contributed by atoms with Gasteiger partial charge in [0.2, 0.25) is 5.91 Å². The van der Waals surface area contributed by atoms with Crippen LogP contribution in [0.5, 0.6) is 0 Å². The Labute approximate surface area is 322 Å². The van der Waals surface area contributed by atoms with Crippen LogP contribution in [0.4, 0.5) is 4.39 Å². The Morgan fingerprint density at radius 2 is 1.93 bits per heavy atom. The predicted molar refractivity (Wildman–Crippen MR) is 219 cm³/mol. The van der Waals surface area contributed by atoms with Crippen molar-refractivity contribution >= 4 is 34.9 Å². The van der Waals surface area contributed by atoms with Crippen molar-refractivity contribution in [2.45, 2.75) is 70.5 Å². The summed E-state index contributed by atoms with van der Waals surface area (Å²) < 4.78 is 24.7. The summed E-state index contributed by atoms with van der Waals surface area (Å²) in [7, 11) is 0. The van der Waals surface area contributed by atoms with Gasteiger partial charge in [0.1, 0.15) is 11.6 Å². The average Bonchev–Trinajstić information content (AvgIpc) is 4.03. The zero-order valence-corrected chi connectivity index (χ0v) is 31.9. The summed E-state index contributed by atoms with van der Waals surface area (Å²) >= 11 is 0. The van der Waals surface area contributed by atoms with Crippen molar-refractivity contribution in [2.75, 3.05) is 26.2 Å². The first-order valence-electron chi connectivity index (χ1n) is 19.2. The minimum absolute atomic E-state index is 0.0145. The third-order valence-electron chi connectivity index (χ3n) is 11.3. The van der Waals surface area contributed by atoms with Gasteiger partial charge in [-0.05, 0) is 87.0 Å². The van der Waals surface area contributed by atoms with E-state index < -0.39 is 0 Å². The van der Waals surface area contributed by atoms with E-state index in [4.69, 9.17) is 4.42 Å². The van der Waals surface area contributed by atoms with Gasteiger partial charge in [-0.15, -0.1) is 0 Å². The molecule has 0 saturated carbocycles. The Morgan fingerprint density at radius 3 is 2.67 bits per heavy atom. The molecule has 0 radical (unpaired) electrons. The molecule has 0 bridgehead atoms. The molecule has 2 fully saturated rings. The number of nitrogens with one attached hydrogen (secondary N) is 3. The van der Waals surface area contributed by atoms with E-state index in [0.717, 1.165) is 94.8 Å². The quantitative estimate of drug-likeness (QED) is 0.107. The first-order chi connectivity index (χ1) is 26.7. The predicted octanol–water partition coefficient (Wildman–Crippen LogP) is 7.75. The number of allylic oxidation sites excluding steroid dienone is 1. The maximum atomic E-state index is 16.6. The number of nitrogens with zero attached hydrogens (tertiary/aromatic N) is 5. The maximum Gasteiger partial charge on any atom is 0.220 e. The summed E-state index contributed by atoms with van der Waals surface area (Å²) in [6, 6.07) is 12.2. The molecule has 5 heterocycles. The second-order valence-corrected chi connectivity index (χ2v) is 14.5. The van der Waals surface area contributed by atoms with E-state index in [1.165, 1.54) is 6.39 Å². The van der Waals surface area contributed by atoms with Gasteiger partial charge >= 0.3 is 0 Å². The van der Waals surface area contributed by atoms with Gasteiger partial charge in [0, 0.05) is 83.8 Å². The fourth-order valence-corrected chi connectivity index (χ4v) is 8.50. The SMILES string of the molecule is C=CN1CCC[C@@H]1C(=C)N/C(=C\C)c1cc(F)c2c(c1)CC(c1cnco1)n1c-2cc2cc(/C(=C/N=C)NCC3CCCN3C(=C)CNC(=O)CC)ccc21. The first-order valence-corrected chi connectivity index (χ1v) is 19.2. The summed E-state index contributed by atoms with van der Waals surface area (Å²) in [4.78, 5) is 24.7. The fraction of sp³-hybridized carbons (Fsp3) is 0.341. The highest BCUT2D eigenvalue weighted by molar-refractivity contribution is 5.91. The fourth-order valence-electron chi connectivity index (χ4n) is 8.50. The maximum absolute atomic E-state index is 16.6. The third-order valence-corrected chi connectivity index (χ3v) is 11.3. The molecular weight excluding hydrogens is 692 g/mol. The average molecular weight is 743 g/mol. The molecule has 0 aliphatic carbocycles. The van der Waals surface area contributed by atoms with Crippen LogP contribution < -0.4 is 16.0 Å². The highest BCUT2D eigenvalue weighted by Crippen LogP contribution is 2.44. The number of rotatable bonds is 15. The summed E-state index contributed by atoms with van der Waals surface area (Å²) in [6.07, 6.45) is 13.9. The zero-order chi connectivity index (χ0) is 38.6. The van der Waals surface area contributed by atoms with Crippen molar-refractivity contribution in [1.29, 1.82) is 0 Å². The van der Waals surface area contributed by atoms with Crippen LogP contribution in [-0.2, 0) is 11.2 Å². The number of hydrogen-bond donors (Lipinski definition) is 3. The molecule has 2 saturated heterocycles. The van der Waals surface area contributed by atoms with Gasteiger partial charge in [-0.2, -0.15) is 0 Å². The van der Waals surface area contributed by atoms with Crippen molar-refractivity contribution in [3.05, 3.63) is 127 Å². The number of aliphatic imine (C=N–C) groups is 1. The molecule has 0 spiro atoms. The lowest BCUT2D eigenvalue weighted by Crippen LogP contribution is -2.40. The lowest BCUT2D eigenvalue weighted by molar-refractivity contribution is -0.120. The van der Waals surface area contributed by atoms with Crippen molar-refractivity contribution < 1.29 is 13.6 Å². The molecule has 2 unspecified atom stereocenters. The van der Waals surface area contributed by atoms with Crippen LogP contribution in [0, 0.1) is 5.82 Å². The molecule has 1 amide bonds. The third kappa shape index (κ3) is 7.48. The van der Waals surface area contributed by atoms with Crippen molar-refractivity contribution in [1.82, 2.24) is 35.3 Å². The van der Waals surface area contributed by atoms with Crippen LogP contribution in [0.3, 0.4) is 0 Å². The molecule has 11 heteroatoms. The molecule has 2 aromatic heterocycles. The second-order valence-electron chi connectivity index (χ2n) is 14.5. The molecule has 10 nitrogen and oxygen atoms in total. The van der Waals surface area contributed by atoms with Gasteiger partial charge in [-0.1, -0.05) is 38.8 Å². The van der Waals surface area contributed by atoms with Crippen LogP contribution in [0.1, 0.15) is 74.4 Å². The van der Waals surface area contributed by atoms with Crippen LogP contribution in [-0.4, -0.2) is 70.2 Å². The monoisotopic (exact) mass is 742 g/mol. The van der Waals surface area contributed by atoms with E-state index in [2.05, 4.69) is 97.1 Å². The molecule has 3 atom stereocenters. The molecule has 3 N–H and O–H groups in total. The summed E-state index contributed by atoms with van der Waals surface area (Å²) in [6.45, 7) is 23.1. The Bertz CT molecular complexity index is 2180. The van der Waals surface area contributed by atoms with Crippen molar-refractivity contribution in [3.8, 4) is 11.3 Å². The van der Waals surface area contributed by atoms with Gasteiger partial charge in [-0.3, -0.25) is 9.79 Å². The van der Waals surface area contributed by atoms with E-state index in [1.807, 2.05) is 26.1 Å². The number of fused-ring (bicyclic) bond motifs is 5. The molecule has 286 valence electrons. The molecule has 4 aromatic rings. The number of aromatic nitrogens is 2. The minimum atomic E-state index is -0.289. The largest absolute Gasteiger partial charge is 0.446 e. The number of carbonyl (C=O) groups excluding carboxylic acids is 1. The Morgan fingerprint density at radius 1 is 1.09 bits per heavy atom. The lowest BCUT2D eigenvalue weighted by atomic mass is 9.90. The number of likely N-dealkylation sites (tertiary alicyclic amines) is 2. The molecule has 3 aliphatic heterocycles. The van der Waals surface area contributed by atoms with E-state index >= 15 is 4.39 Å². The first kappa shape index (κ1) is 37.5. The summed E-state index contributed by atoms with van der Waals surface area (Å²) in [5.41, 5.74) is 8.34. The Hall–Kier alpha value is -5.84. The van der Waals surface area contributed by atoms with Gasteiger partial charge in [0.25, 0.3) is 0 Å². The number of benzene rings is 2. The van der Waals surface area contributed by atoms with Crippen LogP contribution >= 0.6 is 0 Å². The van der Waals surface area contributed by atoms with Gasteiger partial charge in [0.15, 0.2) is 6.39 Å². The highest BCUT2D eigenvalue weighted by Gasteiger charge is 2.33. The number of carbonyl (C=O) groups is 1. The Balaban J connectivity index is 1.18. The van der Waals surface area contributed by atoms with Gasteiger partial charge < -0.3 is 34.7 Å². The summed E-state index contributed by atoms with van der Waals surface area (Å²) in [5, 5.41) is 11.0. The molecule has 7 rings (SSSR count). The summed E-state index contributed by atoms with van der Waals surface area (Å²) in [5.74, 6) is 0.432. The van der Waals surface area contributed by atoms with Crippen molar-refractivity contribution in [2.24, 2.45) is 4.99 Å². The normalized spacial score (nSPS) is 19.6. The van der Waals surface area contributed by atoms with Gasteiger partial charge in [-0.25, -0.2) is 9.37 Å². The topological polar surface area (TPSA) is 103 Å². The van der Waals surface area contributed by atoms with E-state index in [9.17, 15) is 4.79 Å². The molecule has 3 aliphatic rings. The standard InChI is InChI=1S/C44H51FN8O2/c1-7-36(50-29(5)38-13-11-16-51(38)9-3)31-19-33-22-40(42-26-47-27-55-42)53-39-15-14-30(18-32(39)21-41(53)44(33)35(45)20-31)37(25-46-6)48-24-34-12-10-17-52(34)28(4)23-49-43(54)8-2/h7,9,14-15,18-21,25-27,34,38,40,48,50H,3-6,8,10-13,16-17,22-24H2,1-2H3,(H,49,54)/b36-7-,37-25-/t34?,38-,40?/m1/s1. The minimum Gasteiger partial charge on any atom is -0.446 e. The van der Waals surface area contributed by atoms with Crippen molar-refractivity contribution in [3.63, 3.8) is 0 Å². The zero-order valence-electron chi connectivity index (χ0n) is 31.9.